The summed E-state index contributed by atoms with van der Waals surface area (Å²) in [5.74, 6) is -0.0347. The SMILES string of the molecule is O=C1/C(=C/c2ccc(N3CCCC3)cc2)SC(=S)N1Cc1cccnc1. The van der Waals surface area contributed by atoms with Crippen LogP contribution in [0.2, 0.25) is 0 Å². The fourth-order valence-electron chi connectivity index (χ4n) is 3.22. The van der Waals surface area contributed by atoms with Crippen molar-refractivity contribution in [1.29, 1.82) is 0 Å². The van der Waals surface area contributed by atoms with Gasteiger partial charge in [0.1, 0.15) is 4.32 Å². The monoisotopic (exact) mass is 381 g/mol. The molecule has 0 spiro atoms. The molecular weight excluding hydrogens is 362 g/mol. The van der Waals surface area contributed by atoms with Crippen LogP contribution in [0.25, 0.3) is 6.08 Å². The number of thioether (sulfide) groups is 1. The minimum absolute atomic E-state index is 0.0347. The van der Waals surface area contributed by atoms with E-state index in [1.807, 2.05) is 18.2 Å². The van der Waals surface area contributed by atoms with Gasteiger partial charge in [-0.25, -0.2) is 0 Å². The van der Waals surface area contributed by atoms with Gasteiger partial charge >= 0.3 is 0 Å². The van der Waals surface area contributed by atoms with Crippen LogP contribution in [0.4, 0.5) is 5.69 Å². The first kappa shape index (κ1) is 17.2. The third-order valence-electron chi connectivity index (χ3n) is 4.60. The normalized spacial score (nSPS) is 19.0. The first-order chi connectivity index (χ1) is 12.7. The minimum atomic E-state index is -0.0347. The summed E-state index contributed by atoms with van der Waals surface area (Å²) < 4.78 is 0.596. The predicted octanol–water partition coefficient (Wildman–Crippen LogP) is 4.08. The zero-order chi connectivity index (χ0) is 17.9. The summed E-state index contributed by atoms with van der Waals surface area (Å²) >= 11 is 6.77. The van der Waals surface area contributed by atoms with Gasteiger partial charge in [0.05, 0.1) is 11.4 Å². The number of amides is 1. The third kappa shape index (κ3) is 3.66. The third-order valence-corrected chi connectivity index (χ3v) is 5.98. The highest BCUT2D eigenvalue weighted by Gasteiger charge is 2.32. The maximum Gasteiger partial charge on any atom is 0.266 e. The van der Waals surface area contributed by atoms with Gasteiger partial charge in [0.25, 0.3) is 5.91 Å². The fourth-order valence-corrected chi connectivity index (χ4v) is 4.47. The summed E-state index contributed by atoms with van der Waals surface area (Å²) in [7, 11) is 0. The van der Waals surface area contributed by atoms with Crippen molar-refractivity contribution in [3.05, 3.63) is 64.8 Å². The van der Waals surface area contributed by atoms with E-state index in [0.717, 1.165) is 24.2 Å². The van der Waals surface area contributed by atoms with E-state index in [0.29, 0.717) is 15.8 Å². The van der Waals surface area contributed by atoms with Crippen molar-refractivity contribution in [2.75, 3.05) is 18.0 Å². The van der Waals surface area contributed by atoms with Crippen molar-refractivity contribution >= 4 is 46.0 Å². The molecule has 1 aromatic carbocycles. The molecule has 0 radical (unpaired) electrons. The molecule has 0 atom stereocenters. The van der Waals surface area contributed by atoms with Crippen molar-refractivity contribution in [3.63, 3.8) is 0 Å². The van der Waals surface area contributed by atoms with E-state index in [4.69, 9.17) is 12.2 Å². The molecule has 26 heavy (non-hydrogen) atoms. The van der Waals surface area contributed by atoms with Crippen LogP contribution in [-0.2, 0) is 11.3 Å². The van der Waals surface area contributed by atoms with Gasteiger partial charge in [-0.15, -0.1) is 0 Å². The number of aromatic nitrogens is 1. The number of thiocarbonyl (C=S) groups is 1. The molecule has 2 fully saturated rings. The van der Waals surface area contributed by atoms with Crippen LogP contribution in [0.15, 0.2) is 53.7 Å². The Morgan fingerprint density at radius 1 is 1.15 bits per heavy atom. The second-order valence-electron chi connectivity index (χ2n) is 6.41. The lowest BCUT2D eigenvalue weighted by Gasteiger charge is -2.17. The van der Waals surface area contributed by atoms with Crippen molar-refractivity contribution in [2.24, 2.45) is 0 Å². The average molecular weight is 382 g/mol. The lowest BCUT2D eigenvalue weighted by Crippen LogP contribution is -2.27. The molecule has 2 saturated heterocycles. The maximum absolute atomic E-state index is 12.7. The van der Waals surface area contributed by atoms with E-state index in [1.54, 1.807) is 17.3 Å². The zero-order valence-corrected chi connectivity index (χ0v) is 15.9. The highest BCUT2D eigenvalue weighted by molar-refractivity contribution is 8.26. The molecule has 1 aromatic heterocycles. The quantitative estimate of drug-likeness (QED) is 0.589. The van der Waals surface area contributed by atoms with Gasteiger partial charge in [0.2, 0.25) is 0 Å². The number of benzene rings is 1. The van der Waals surface area contributed by atoms with Crippen molar-refractivity contribution in [1.82, 2.24) is 9.88 Å². The highest BCUT2D eigenvalue weighted by atomic mass is 32.2. The van der Waals surface area contributed by atoms with Crippen molar-refractivity contribution in [2.45, 2.75) is 19.4 Å². The van der Waals surface area contributed by atoms with Gasteiger partial charge < -0.3 is 4.90 Å². The zero-order valence-electron chi connectivity index (χ0n) is 14.3. The Hall–Kier alpha value is -2.18. The Kier molecular flexibility index (Phi) is 5.04. The number of carbonyl (C=O) groups is 1. The number of carbonyl (C=O) groups excluding carboxylic acids is 1. The molecule has 6 heteroatoms. The molecule has 2 aromatic rings. The smallest absolute Gasteiger partial charge is 0.266 e. The van der Waals surface area contributed by atoms with Gasteiger partial charge in [-0.05, 0) is 48.2 Å². The first-order valence-electron chi connectivity index (χ1n) is 8.70. The van der Waals surface area contributed by atoms with E-state index >= 15 is 0 Å². The maximum atomic E-state index is 12.7. The Bertz CT molecular complexity index is 843. The Morgan fingerprint density at radius 2 is 1.92 bits per heavy atom. The number of nitrogens with zero attached hydrogens (tertiary/aromatic N) is 3. The number of hydrogen-bond acceptors (Lipinski definition) is 5. The summed E-state index contributed by atoms with van der Waals surface area (Å²) in [6, 6.07) is 12.2. The van der Waals surface area contributed by atoms with Crippen LogP contribution < -0.4 is 4.90 Å². The van der Waals surface area contributed by atoms with Gasteiger partial charge in [-0.1, -0.05) is 42.2 Å². The summed E-state index contributed by atoms with van der Waals surface area (Å²) in [5, 5.41) is 0. The largest absolute Gasteiger partial charge is 0.372 e. The van der Waals surface area contributed by atoms with Crippen molar-refractivity contribution < 1.29 is 4.79 Å². The molecule has 0 N–H and O–H groups in total. The molecule has 0 unspecified atom stereocenters. The second kappa shape index (κ2) is 7.60. The van der Waals surface area contributed by atoms with E-state index in [1.165, 1.54) is 30.3 Å². The van der Waals surface area contributed by atoms with Gasteiger partial charge in [0.15, 0.2) is 0 Å². The topological polar surface area (TPSA) is 36.4 Å². The van der Waals surface area contributed by atoms with Crippen LogP contribution in [0, 0.1) is 0 Å². The second-order valence-corrected chi connectivity index (χ2v) is 8.09. The molecule has 0 bridgehead atoms. The van der Waals surface area contributed by atoms with E-state index in [2.05, 4.69) is 34.1 Å². The first-order valence-corrected chi connectivity index (χ1v) is 9.92. The molecular formula is C20H19N3OS2. The molecule has 0 aliphatic carbocycles. The molecule has 2 aliphatic rings. The summed E-state index contributed by atoms with van der Waals surface area (Å²) in [6.45, 7) is 2.72. The predicted molar refractivity (Wildman–Crippen MR) is 111 cm³/mol. The van der Waals surface area contributed by atoms with Gasteiger partial charge in [-0.2, -0.15) is 0 Å². The Labute approximate surface area is 162 Å². The number of rotatable bonds is 4. The molecule has 4 rings (SSSR count). The van der Waals surface area contributed by atoms with E-state index in [9.17, 15) is 4.79 Å². The number of anilines is 1. The van der Waals surface area contributed by atoms with E-state index < -0.39 is 0 Å². The molecule has 132 valence electrons. The van der Waals surface area contributed by atoms with Crippen molar-refractivity contribution in [3.8, 4) is 0 Å². The van der Waals surface area contributed by atoms with E-state index in [-0.39, 0.29) is 5.91 Å². The Morgan fingerprint density at radius 3 is 2.62 bits per heavy atom. The lowest BCUT2D eigenvalue weighted by atomic mass is 10.1. The van der Waals surface area contributed by atoms with Gasteiger partial charge in [-0.3, -0.25) is 14.7 Å². The average Bonchev–Trinajstić information content (AvgIpc) is 3.28. The standard InChI is InChI=1S/C20H19N3OS2/c24-19-18(26-20(25)23(19)14-16-4-3-9-21-13-16)12-15-5-7-17(8-6-15)22-10-1-2-11-22/h3-9,12-13H,1-2,10-11,14H2/b18-12-. The molecule has 4 nitrogen and oxygen atoms in total. The number of pyridine rings is 1. The highest BCUT2D eigenvalue weighted by Crippen LogP contribution is 2.33. The minimum Gasteiger partial charge on any atom is -0.372 e. The molecule has 3 heterocycles. The van der Waals surface area contributed by atoms with Crippen LogP contribution in [0.5, 0.6) is 0 Å². The summed E-state index contributed by atoms with van der Waals surface area (Å²) in [6.07, 6.45) is 7.94. The number of hydrogen-bond donors (Lipinski definition) is 0. The van der Waals surface area contributed by atoms with Crippen LogP contribution in [-0.4, -0.2) is 33.2 Å². The Balaban J connectivity index is 1.49. The summed E-state index contributed by atoms with van der Waals surface area (Å²) in [4.78, 5) is 21.5. The molecule has 1 amide bonds. The van der Waals surface area contributed by atoms with Crippen LogP contribution in [0.3, 0.4) is 0 Å². The summed E-state index contributed by atoms with van der Waals surface area (Å²) in [5.41, 5.74) is 3.25. The van der Waals surface area contributed by atoms with Crippen LogP contribution in [0.1, 0.15) is 24.0 Å². The lowest BCUT2D eigenvalue weighted by molar-refractivity contribution is -0.122. The molecule has 0 saturated carbocycles. The van der Waals surface area contributed by atoms with Gasteiger partial charge in [0, 0.05) is 31.2 Å². The fraction of sp³-hybridized carbons (Fsp3) is 0.250. The molecule has 2 aliphatic heterocycles. The van der Waals surface area contributed by atoms with Crippen LogP contribution >= 0.6 is 24.0 Å².